The molecule has 0 unspecified atom stereocenters. The molecule has 0 aromatic carbocycles. The van der Waals surface area contributed by atoms with Crippen LogP contribution in [-0.2, 0) is 0 Å². The van der Waals surface area contributed by atoms with Crippen LogP contribution >= 0.6 is 22.6 Å². The number of rotatable bonds is 15. The molecule has 0 saturated carbocycles. The van der Waals surface area contributed by atoms with Gasteiger partial charge in [0.05, 0.1) is 0 Å². The van der Waals surface area contributed by atoms with Crippen molar-refractivity contribution in [3.63, 3.8) is 0 Å². The van der Waals surface area contributed by atoms with Crippen molar-refractivity contribution >= 4 is 22.6 Å². The van der Waals surface area contributed by atoms with E-state index in [1.807, 2.05) is 0 Å². The van der Waals surface area contributed by atoms with Crippen LogP contribution in [0.25, 0.3) is 0 Å². The molecular formula is C19H35I. The monoisotopic (exact) mass is 390 g/mol. The first-order valence-electron chi connectivity index (χ1n) is 8.79. The maximum absolute atomic E-state index is 2.48. The van der Waals surface area contributed by atoms with Gasteiger partial charge >= 0.3 is 0 Å². The van der Waals surface area contributed by atoms with E-state index in [0.29, 0.717) is 0 Å². The zero-order chi connectivity index (χ0) is 14.7. The summed E-state index contributed by atoms with van der Waals surface area (Å²) in [6.45, 7) is 2.24. The fourth-order valence-corrected chi connectivity index (χ4v) is 2.81. The summed E-state index contributed by atoms with van der Waals surface area (Å²) < 4.78 is 1.33. The van der Waals surface area contributed by atoms with Gasteiger partial charge < -0.3 is 0 Å². The number of halogens is 1. The van der Waals surface area contributed by atoms with E-state index >= 15 is 0 Å². The molecule has 0 amide bonds. The molecule has 0 rings (SSSR count). The van der Waals surface area contributed by atoms with E-state index in [1.54, 1.807) is 0 Å². The quantitative estimate of drug-likeness (QED) is 0.117. The van der Waals surface area contributed by atoms with E-state index in [1.165, 1.54) is 87.9 Å². The maximum atomic E-state index is 2.48. The zero-order valence-corrected chi connectivity index (χ0v) is 15.7. The van der Waals surface area contributed by atoms with Gasteiger partial charge in [-0.3, -0.25) is 0 Å². The molecule has 0 aromatic heterocycles. The average Bonchev–Trinajstić information content (AvgIpc) is 2.47. The molecule has 0 aliphatic rings. The van der Waals surface area contributed by atoms with Crippen molar-refractivity contribution < 1.29 is 0 Å². The SMILES string of the molecule is CCCC/C=C\C=C\CCCCCCCCCCCI. The number of allylic oxidation sites excluding steroid dienone is 4. The first-order valence-corrected chi connectivity index (χ1v) is 10.3. The molecule has 0 nitrogen and oxygen atoms in total. The van der Waals surface area contributed by atoms with Crippen LogP contribution in [0.5, 0.6) is 0 Å². The van der Waals surface area contributed by atoms with Gasteiger partial charge in [0.15, 0.2) is 0 Å². The highest BCUT2D eigenvalue weighted by Crippen LogP contribution is 2.11. The molecule has 0 aliphatic carbocycles. The smallest absolute Gasteiger partial charge is 0.000473 e. The third-order valence-electron chi connectivity index (χ3n) is 3.61. The molecule has 0 N–H and O–H groups in total. The van der Waals surface area contributed by atoms with Crippen LogP contribution in [0.15, 0.2) is 24.3 Å². The second-order valence-corrected chi connectivity index (χ2v) is 6.74. The largest absolute Gasteiger partial charge is 0.0864 e. The summed E-state index contributed by atoms with van der Waals surface area (Å²) >= 11 is 2.48. The number of hydrogen-bond acceptors (Lipinski definition) is 0. The van der Waals surface area contributed by atoms with Gasteiger partial charge in [-0.15, -0.1) is 0 Å². The zero-order valence-electron chi connectivity index (χ0n) is 13.6. The molecule has 118 valence electrons. The lowest BCUT2D eigenvalue weighted by molar-refractivity contribution is 0.568. The highest BCUT2D eigenvalue weighted by atomic mass is 127. The molecule has 0 saturated heterocycles. The third kappa shape index (κ3) is 18.2. The van der Waals surface area contributed by atoms with Crippen molar-refractivity contribution in [2.75, 3.05) is 4.43 Å². The van der Waals surface area contributed by atoms with Gasteiger partial charge in [-0.1, -0.05) is 112 Å². The van der Waals surface area contributed by atoms with Gasteiger partial charge in [-0.2, -0.15) is 0 Å². The Morgan fingerprint density at radius 2 is 1.05 bits per heavy atom. The first kappa shape index (κ1) is 20.2. The van der Waals surface area contributed by atoms with Crippen molar-refractivity contribution in [1.82, 2.24) is 0 Å². The fourth-order valence-electron chi connectivity index (χ4n) is 2.27. The molecule has 0 aromatic rings. The predicted octanol–water partition coefficient (Wildman–Crippen LogP) is 7.63. The maximum Gasteiger partial charge on any atom is -0.000473 e. The van der Waals surface area contributed by atoms with Crippen LogP contribution in [0, 0.1) is 0 Å². The molecule has 0 atom stereocenters. The fraction of sp³-hybridized carbons (Fsp3) is 0.789. The minimum absolute atomic E-state index is 1.23. The van der Waals surface area contributed by atoms with E-state index in [2.05, 4.69) is 53.8 Å². The van der Waals surface area contributed by atoms with E-state index in [-0.39, 0.29) is 0 Å². The van der Waals surface area contributed by atoms with Gasteiger partial charge in [0.2, 0.25) is 0 Å². The lowest BCUT2D eigenvalue weighted by atomic mass is 10.1. The molecule has 20 heavy (non-hydrogen) atoms. The molecule has 0 radical (unpaired) electrons. The van der Waals surface area contributed by atoms with E-state index in [9.17, 15) is 0 Å². The number of hydrogen-bond donors (Lipinski definition) is 0. The van der Waals surface area contributed by atoms with Crippen LogP contribution in [-0.4, -0.2) is 4.43 Å². The highest BCUT2D eigenvalue weighted by molar-refractivity contribution is 14.1. The Morgan fingerprint density at radius 1 is 0.600 bits per heavy atom. The topological polar surface area (TPSA) is 0 Å². The van der Waals surface area contributed by atoms with Crippen LogP contribution in [0.4, 0.5) is 0 Å². The molecule has 1 heteroatoms. The summed E-state index contributed by atoms with van der Waals surface area (Å²) in [5, 5.41) is 0. The predicted molar refractivity (Wildman–Crippen MR) is 103 cm³/mol. The third-order valence-corrected chi connectivity index (χ3v) is 4.37. The van der Waals surface area contributed by atoms with Gasteiger partial charge in [-0.25, -0.2) is 0 Å². The van der Waals surface area contributed by atoms with Crippen LogP contribution in [0.1, 0.15) is 90.4 Å². The average molecular weight is 390 g/mol. The Balaban J connectivity index is 3.09. The molecular weight excluding hydrogens is 355 g/mol. The summed E-state index contributed by atoms with van der Waals surface area (Å²) in [7, 11) is 0. The Hall–Kier alpha value is 0.210. The minimum atomic E-state index is 1.23. The van der Waals surface area contributed by atoms with E-state index < -0.39 is 0 Å². The summed E-state index contributed by atoms with van der Waals surface area (Å²) in [4.78, 5) is 0. The second-order valence-electron chi connectivity index (χ2n) is 5.66. The van der Waals surface area contributed by atoms with Gasteiger partial charge in [0.25, 0.3) is 0 Å². The molecule has 0 aliphatic heterocycles. The van der Waals surface area contributed by atoms with Crippen molar-refractivity contribution in [2.24, 2.45) is 0 Å². The summed E-state index contributed by atoms with van der Waals surface area (Å²) in [5.74, 6) is 0. The highest BCUT2D eigenvalue weighted by Gasteiger charge is 1.91. The lowest BCUT2D eigenvalue weighted by Gasteiger charge is -2.00. The molecule has 0 heterocycles. The molecule has 0 bridgehead atoms. The second kappa shape index (κ2) is 19.2. The van der Waals surface area contributed by atoms with Crippen molar-refractivity contribution in [1.29, 1.82) is 0 Å². The van der Waals surface area contributed by atoms with Crippen LogP contribution in [0.3, 0.4) is 0 Å². The summed E-state index contributed by atoms with van der Waals surface area (Å²) in [5.41, 5.74) is 0. The van der Waals surface area contributed by atoms with Crippen molar-refractivity contribution in [2.45, 2.75) is 90.4 Å². The van der Waals surface area contributed by atoms with Crippen LogP contribution < -0.4 is 0 Å². The van der Waals surface area contributed by atoms with Crippen molar-refractivity contribution in [3.8, 4) is 0 Å². The minimum Gasteiger partial charge on any atom is -0.0864 e. The first-order chi connectivity index (χ1) is 9.91. The number of unbranched alkanes of at least 4 members (excludes halogenated alkanes) is 11. The standard InChI is InChI=1S/C19H35I/c1-2-3-4-5-6-7-8-9-10-11-12-13-14-15-16-17-18-19-20/h5-8H,2-4,9-19H2,1H3/b6-5-,8-7+. The van der Waals surface area contributed by atoms with Gasteiger partial charge in [-0.05, 0) is 30.1 Å². The summed E-state index contributed by atoms with van der Waals surface area (Å²) in [6, 6.07) is 0. The van der Waals surface area contributed by atoms with Crippen LogP contribution in [0.2, 0.25) is 0 Å². The van der Waals surface area contributed by atoms with Gasteiger partial charge in [0.1, 0.15) is 0 Å². The Bertz CT molecular complexity index is 218. The molecule has 0 spiro atoms. The normalized spacial score (nSPS) is 11.9. The van der Waals surface area contributed by atoms with E-state index in [0.717, 1.165) is 0 Å². The number of alkyl halides is 1. The van der Waals surface area contributed by atoms with E-state index in [4.69, 9.17) is 0 Å². The molecule has 0 fully saturated rings. The summed E-state index contributed by atoms with van der Waals surface area (Å²) in [6.07, 6.45) is 27.1. The lowest BCUT2D eigenvalue weighted by Crippen LogP contribution is -1.82. The Labute approximate surface area is 141 Å². The Kier molecular flexibility index (Phi) is 19.4. The van der Waals surface area contributed by atoms with Gasteiger partial charge in [0, 0.05) is 0 Å². The van der Waals surface area contributed by atoms with Crippen molar-refractivity contribution in [3.05, 3.63) is 24.3 Å². The Morgan fingerprint density at radius 3 is 1.55 bits per heavy atom.